The van der Waals surface area contributed by atoms with Crippen molar-refractivity contribution >= 4 is 31.5 Å². The lowest BCUT2D eigenvalue weighted by Crippen LogP contribution is -1.77. The highest BCUT2D eigenvalue weighted by Crippen LogP contribution is 2.35. The van der Waals surface area contributed by atoms with Gasteiger partial charge in [0, 0.05) is 20.2 Å². The highest BCUT2D eigenvalue weighted by atomic mass is 32.1. The number of rotatable bonds is 0. The molecule has 1 aromatic heterocycles. The third-order valence-corrected chi connectivity index (χ3v) is 6.14. The second-order valence-electron chi connectivity index (χ2n) is 6.59. The summed E-state index contributed by atoms with van der Waals surface area (Å²) in [7, 11) is 0. The predicted octanol–water partition coefficient (Wildman–Crippen LogP) is 7.31. The van der Waals surface area contributed by atoms with Crippen LogP contribution in [-0.4, -0.2) is 0 Å². The molecule has 124 valence electrons. The van der Waals surface area contributed by atoms with Gasteiger partial charge in [-0.05, 0) is 40.8 Å². The Balaban J connectivity index is 0.000000115. The average Bonchev–Trinajstić information content (AvgIpc) is 3.27. The first-order chi connectivity index (χ1) is 12.9. The summed E-state index contributed by atoms with van der Waals surface area (Å²) in [5.41, 5.74) is 5.75. The van der Waals surface area contributed by atoms with Crippen molar-refractivity contribution < 1.29 is 0 Å². The maximum absolute atomic E-state index is 2.22. The van der Waals surface area contributed by atoms with Crippen LogP contribution < -0.4 is 0 Å². The van der Waals surface area contributed by atoms with Gasteiger partial charge in [-0.3, -0.25) is 0 Å². The minimum atomic E-state index is 1.10. The van der Waals surface area contributed by atoms with Crippen molar-refractivity contribution in [3.05, 3.63) is 108 Å². The SMILES string of the molecule is c1ccc2c(c1)Cc1ccccc1-2.c1ccc2c(c1)sc1ccccc12. The molecule has 0 unspecified atom stereocenters. The summed E-state index contributed by atoms with van der Waals surface area (Å²) in [5.74, 6) is 0. The molecule has 1 heterocycles. The maximum Gasteiger partial charge on any atom is 0.0355 e. The first kappa shape index (κ1) is 15.4. The van der Waals surface area contributed by atoms with E-state index in [9.17, 15) is 0 Å². The summed E-state index contributed by atoms with van der Waals surface area (Å²) in [6.45, 7) is 0. The predicted molar refractivity (Wildman–Crippen MR) is 114 cm³/mol. The second-order valence-corrected chi connectivity index (χ2v) is 7.67. The Hall–Kier alpha value is -2.90. The Kier molecular flexibility index (Phi) is 3.80. The molecule has 1 aliphatic rings. The molecular weight excluding hydrogens is 332 g/mol. The number of fused-ring (bicyclic) bond motifs is 6. The topological polar surface area (TPSA) is 0 Å². The number of hydrogen-bond acceptors (Lipinski definition) is 1. The number of benzene rings is 4. The fraction of sp³-hybridized carbons (Fsp3) is 0.0400. The van der Waals surface area contributed by atoms with Gasteiger partial charge in [0.05, 0.1) is 0 Å². The lowest BCUT2D eigenvalue weighted by atomic mass is 10.1. The van der Waals surface area contributed by atoms with Crippen LogP contribution in [0.4, 0.5) is 0 Å². The summed E-state index contributed by atoms with van der Waals surface area (Å²) < 4.78 is 2.76. The van der Waals surface area contributed by atoms with Crippen LogP contribution in [0.2, 0.25) is 0 Å². The van der Waals surface area contributed by atoms with Crippen molar-refractivity contribution in [1.82, 2.24) is 0 Å². The second kappa shape index (κ2) is 6.44. The molecule has 6 rings (SSSR count). The smallest absolute Gasteiger partial charge is 0.0355 e. The van der Waals surface area contributed by atoms with Gasteiger partial charge in [-0.1, -0.05) is 84.9 Å². The zero-order valence-corrected chi connectivity index (χ0v) is 15.2. The van der Waals surface area contributed by atoms with Gasteiger partial charge in [-0.25, -0.2) is 0 Å². The van der Waals surface area contributed by atoms with Crippen molar-refractivity contribution in [2.24, 2.45) is 0 Å². The van der Waals surface area contributed by atoms with Gasteiger partial charge in [-0.15, -0.1) is 11.3 Å². The molecule has 0 saturated heterocycles. The molecular formula is C25H18S. The summed E-state index contributed by atoms with van der Waals surface area (Å²) in [6.07, 6.45) is 1.10. The summed E-state index contributed by atoms with van der Waals surface area (Å²) in [6, 6.07) is 34.4. The summed E-state index contributed by atoms with van der Waals surface area (Å²) in [5, 5.41) is 2.76. The lowest BCUT2D eigenvalue weighted by molar-refractivity contribution is 1.26. The number of thiophene rings is 1. The molecule has 0 saturated carbocycles. The van der Waals surface area contributed by atoms with Crippen LogP contribution in [0.1, 0.15) is 11.1 Å². The first-order valence-corrected chi connectivity index (χ1v) is 9.74. The van der Waals surface area contributed by atoms with Crippen LogP contribution in [0.3, 0.4) is 0 Å². The first-order valence-electron chi connectivity index (χ1n) is 8.92. The standard InChI is InChI=1S/C13H10.C12H8S/c1-3-7-12-10(5-1)9-11-6-2-4-8-13(11)12;1-3-7-11-9(5-1)10-6-2-4-8-12(10)13-11/h1-8H,9H2;1-8H. The van der Waals surface area contributed by atoms with E-state index in [4.69, 9.17) is 0 Å². The van der Waals surface area contributed by atoms with Gasteiger partial charge >= 0.3 is 0 Å². The fourth-order valence-corrected chi connectivity index (χ4v) is 4.86. The minimum absolute atomic E-state index is 1.10. The fourth-order valence-electron chi connectivity index (χ4n) is 3.75. The largest absolute Gasteiger partial charge is 0.135 e. The highest BCUT2D eigenvalue weighted by molar-refractivity contribution is 7.25. The Morgan fingerprint density at radius 1 is 0.462 bits per heavy atom. The van der Waals surface area contributed by atoms with Crippen LogP contribution in [-0.2, 0) is 6.42 Å². The quantitative estimate of drug-likeness (QED) is 0.269. The molecule has 4 aromatic carbocycles. The Morgan fingerprint density at radius 2 is 0.885 bits per heavy atom. The highest BCUT2D eigenvalue weighted by Gasteiger charge is 2.15. The van der Waals surface area contributed by atoms with Gasteiger partial charge in [0.2, 0.25) is 0 Å². The molecule has 0 fully saturated rings. The molecule has 0 N–H and O–H groups in total. The van der Waals surface area contributed by atoms with E-state index >= 15 is 0 Å². The van der Waals surface area contributed by atoms with Crippen LogP contribution in [0.25, 0.3) is 31.3 Å². The summed E-state index contributed by atoms with van der Waals surface area (Å²) >= 11 is 1.86. The van der Waals surface area contributed by atoms with Crippen molar-refractivity contribution in [2.45, 2.75) is 6.42 Å². The van der Waals surface area contributed by atoms with Crippen molar-refractivity contribution in [3.8, 4) is 11.1 Å². The third kappa shape index (κ3) is 2.61. The van der Waals surface area contributed by atoms with Crippen LogP contribution in [0, 0.1) is 0 Å². The monoisotopic (exact) mass is 350 g/mol. The van der Waals surface area contributed by atoms with E-state index in [-0.39, 0.29) is 0 Å². The third-order valence-electron chi connectivity index (χ3n) is 4.99. The van der Waals surface area contributed by atoms with E-state index in [1.807, 2.05) is 11.3 Å². The molecule has 26 heavy (non-hydrogen) atoms. The zero-order valence-electron chi connectivity index (χ0n) is 14.4. The van der Waals surface area contributed by atoms with Gasteiger partial charge in [0.1, 0.15) is 0 Å². The Morgan fingerprint density at radius 3 is 1.42 bits per heavy atom. The molecule has 0 radical (unpaired) electrons. The molecule has 0 spiro atoms. The van der Waals surface area contributed by atoms with E-state index in [1.165, 1.54) is 42.4 Å². The van der Waals surface area contributed by atoms with E-state index in [0.717, 1.165) is 6.42 Å². The molecule has 5 aromatic rings. The normalized spacial score (nSPS) is 11.7. The van der Waals surface area contributed by atoms with Gasteiger partial charge < -0.3 is 0 Å². The van der Waals surface area contributed by atoms with Gasteiger partial charge in [0.25, 0.3) is 0 Å². The molecule has 0 amide bonds. The van der Waals surface area contributed by atoms with Crippen molar-refractivity contribution in [1.29, 1.82) is 0 Å². The number of hydrogen-bond donors (Lipinski definition) is 0. The van der Waals surface area contributed by atoms with Crippen molar-refractivity contribution in [2.75, 3.05) is 0 Å². The van der Waals surface area contributed by atoms with Gasteiger partial charge in [0.15, 0.2) is 0 Å². The maximum atomic E-state index is 2.22. The Bertz CT molecular complexity index is 1120. The van der Waals surface area contributed by atoms with E-state index < -0.39 is 0 Å². The summed E-state index contributed by atoms with van der Waals surface area (Å²) in [4.78, 5) is 0. The molecule has 1 heteroatoms. The molecule has 0 bridgehead atoms. The van der Waals surface area contributed by atoms with Crippen LogP contribution >= 0.6 is 11.3 Å². The average molecular weight is 350 g/mol. The minimum Gasteiger partial charge on any atom is -0.135 e. The van der Waals surface area contributed by atoms with E-state index in [2.05, 4.69) is 97.1 Å². The van der Waals surface area contributed by atoms with E-state index in [1.54, 1.807) is 0 Å². The molecule has 0 aliphatic heterocycles. The Labute approximate surface area is 157 Å². The van der Waals surface area contributed by atoms with Crippen molar-refractivity contribution in [3.63, 3.8) is 0 Å². The molecule has 0 atom stereocenters. The van der Waals surface area contributed by atoms with Gasteiger partial charge in [-0.2, -0.15) is 0 Å². The van der Waals surface area contributed by atoms with E-state index in [0.29, 0.717) is 0 Å². The molecule has 0 nitrogen and oxygen atoms in total. The zero-order chi connectivity index (χ0) is 17.3. The van der Waals surface area contributed by atoms with Crippen LogP contribution in [0.5, 0.6) is 0 Å². The molecule has 1 aliphatic carbocycles. The van der Waals surface area contributed by atoms with Crippen LogP contribution in [0.15, 0.2) is 97.1 Å². The lowest BCUT2D eigenvalue weighted by Gasteiger charge is -1.98.